The number of nitrogens with zero attached hydrogens (tertiary/aromatic N) is 4. The predicted molar refractivity (Wildman–Crippen MR) is 62.8 cm³/mol. The van der Waals surface area contributed by atoms with E-state index < -0.39 is 0 Å². The van der Waals surface area contributed by atoms with Gasteiger partial charge < -0.3 is 10.2 Å². The number of nitrogens with one attached hydrogen (secondary N) is 1. The minimum atomic E-state index is 0.840. The lowest BCUT2D eigenvalue weighted by Gasteiger charge is -2.25. The summed E-state index contributed by atoms with van der Waals surface area (Å²) in [5, 5.41) is 7.80. The molecule has 84 valence electrons. The predicted octanol–water partition coefficient (Wildman–Crippen LogP) is 0.447. The zero-order valence-corrected chi connectivity index (χ0v) is 9.35. The fraction of sp³-hybridized carbons (Fsp3) is 0.455. The lowest BCUT2D eigenvalue weighted by molar-refractivity contribution is 0.580. The lowest BCUT2D eigenvalue weighted by atomic mass is 10.3. The summed E-state index contributed by atoms with van der Waals surface area (Å²) < 4.78 is 1.84. The van der Waals surface area contributed by atoms with Crippen LogP contribution in [0.5, 0.6) is 0 Å². The number of anilines is 1. The number of hydrogen-bond acceptors (Lipinski definition) is 4. The van der Waals surface area contributed by atoms with E-state index >= 15 is 0 Å². The molecular formula is C11H15N5. The first-order chi connectivity index (χ1) is 7.83. The van der Waals surface area contributed by atoms with Gasteiger partial charge in [0, 0.05) is 32.4 Å². The van der Waals surface area contributed by atoms with Crippen molar-refractivity contribution in [2.75, 3.05) is 31.1 Å². The van der Waals surface area contributed by atoms with Gasteiger partial charge in [-0.3, -0.25) is 0 Å². The van der Waals surface area contributed by atoms with Gasteiger partial charge in [0.15, 0.2) is 5.65 Å². The Balaban J connectivity index is 1.97. The van der Waals surface area contributed by atoms with Gasteiger partial charge in [0.2, 0.25) is 5.95 Å². The molecule has 1 fully saturated rings. The third kappa shape index (κ3) is 1.63. The number of pyridine rings is 1. The number of aromatic nitrogens is 3. The maximum absolute atomic E-state index is 4.55. The molecule has 1 aliphatic rings. The van der Waals surface area contributed by atoms with Crippen LogP contribution >= 0.6 is 0 Å². The van der Waals surface area contributed by atoms with Crippen molar-refractivity contribution in [2.24, 2.45) is 0 Å². The van der Waals surface area contributed by atoms with Crippen molar-refractivity contribution in [1.29, 1.82) is 0 Å². The number of aryl methyl sites for hydroxylation is 1. The Morgan fingerprint density at radius 3 is 2.94 bits per heavy atom. The highest BCUT2D eigenvalue weighted by atomic mass is 15.4. The van der Waals surface area contributed by atoms with E-state index in [2.05, 4.69) is 33.3 Å². The monoisotopic (exact) mass is 217 g/mol. The summed E-state index contributed by atoms with van der Waals surface area (Å²) in [4.78, 5) is 6.77. The summed E-state index contributed by atoms with van der Waals surface area (Å²) in [6.07, 6.45) is 1.96. The molecule has 5 heteroatoms. The summed E-state index contributed by atoms with van der Waals surface area (Å²) in [5.41, 5.74) is 2.14. The van der Waals surface area contributed by atoms with Crippen LogP contribution in [0.1, 0.15) is 5.56 Å². The lowest BCUT2D eigenvalue weighted by Crippen LogP contribution is -2.44. The number of rotatable bonds is 1. The molecule has 5 nitrogen and oxygen atoms in total. The molecule has 1 saturated heterocycles. The molecule has 0 atom stereocenters. The van der Waals surface area contributed by atoms with E-state index in [4.69, 9.17) is 0 Å². The summed E-state index contributed by atoms with van der Waals surface area (Å²) in [6.45, 7) is 6.05. The highest BCUT2D eigenvalue weighted by molar-refractivity contribution is 5.46. The molecule has 3 heterocycles. The van der Waals surface area contributed by atoms with Crippen molar-refractivity contribution >= 4 is 11.6 Å². The molecule has 0 aliphatic carbocycles. The quantitative estimate of drug-likeness (QED) is 0.753. The molecule has 1 aliphatic heterocycles. The first-order valence-corrected chi connectivity index (χ1v) is 5.62. The Morgan fingerprint density at radius 1 is 1.31 bits per heavy atom. The summed E-state index contributed by atoms with van der Waals surface area (Å²) >= 11 is 0. The van der Waals surface area contributed by atoms with E-state index in [1.165, 1.54) is 5.56 Å². The van der Waals surface area contributed by atoms with Crippen molar-refractivity contribution < 1.29 is 0 Å². The Hall–Kier alpha value is -1.62. The third-order valence-corrected chi connectivity index (χ3v) is 2.88. The summed E-state index contributed by atoms with van der Waals surface area (Å²) in [6, 6.07) is 4.10. The zero-order valence-electron chi connectivity index (χ0n) is 9.35. The van der Waals surface area contributed by atoms with E-state index in [1.807, 2.05) is 16.8 Å². The van der Waals surface area contributed by atoms with Gasteiger partial charge in [-0.1, -0.05) is 0 Å². The number of fused-ring (bicyclic) bond motifs is 1. The van der Waals surface area contributed by atoms with Gasteiger partial charge in [-0.15, -0.1) is 5.10 Å². The largest absolute Gasteiger partial charge is 0.337 e. The average molecular weight is 217 g/mol. The van der Waals surface area contributed by atoms with Crippen molar-refractivity contribution in [3.63, 3.8) is 0 Å². The molecule has 3 rings (SSSR count). The Kier molecular flexibility index (Phi) is 2.25. The highest BCUT2D eigenvalue weighted by Gasteiger charge is 2.14. The first kappa shape index (κ1) is 9.59. The standard InChI is InChI=1S/C11H15N5/c1-9-2-5-16-10(8-9)13-11(14-16)15-6-3-12-4-7-15/h2,5,8,12H,3-4,6-7H2,1H3. The van der Waals surface area contributed by atoms with Crippen molar-refractivity contribution in [2.45, 2.75) is 6.92 Å². The van der Waals surface area contributed by atoms with E-state index in [9.17, 15) is 0 Å². The van der Waals surface area contributed by atoms with Crippen LogP contribution in [0.4, 0.5) is 5.95 Å². The smallest absolute Gasteiger partial charge is 0.245 e. The van der Waals surface area contributed by atoms with Gasteiger partial charge in [0.25, 0.3) is 0 Å². The highest BCUT2D eigenvalue weighted by Crippen LogP contribution is 2.12. The third-order valence-electron chi connectivity index (χ3n) is 2.88. The van der Waals surface area contributed by atoms with Crippen molar-refractivity contribution in [3.8, 4) is 0 Å². The second-order valence-corrected chi connectivity index (χ2v) is 4.16. The van der Waals surface area contributed by atoms with Gasteiger partial charge in [-0.05, 0) is 24.6 Å². The zero-order chi connectivity index (χ0) is 11.0. The van der Waals surface area contributed by atoms with Crippen LogP contribution < -0.4 is 10.2 Å². The van der Waals surface area contributed by atoms with Gasteiger partial charge in [-0.2, -0.15) is 4.98 Å². The molecule has 2 aromatic rings. The molecule has 0 saturated carbocycles. The minimum Gasteiger partial charge on any atom is -0.337 e. The number of hydrogen-bond donors (Lipinski definition) is 1. The van der Waals surface area contributed by atoms with Gasteiger partial charge in [-0.25, -0.2) is 4.52 Å². The molecular weight excluding hydrogens is 202 g/mol. The minimum absolute atomic E-state index is 0.840. The molecule has 0 amide bonds. The van der Waals surface area contributed by atoms with Crippen LogP contribution in [0.15, 0.2) is 18.3 Å². The Bertz CT molecular complexity index is 498. The SMILES string of the molecule is Cc1ccn2nc(N3CCNCC3)nc2c1. The number of piperazine rings is 1. The van der Waals surface area contributed by atoms with E-state index in [-0.39, 0.29) is 0 Å². The molecule has 0 unspecified atom stereocenters. The van der Waals surface area contributed by atoms with Crippen LogP contribution in [0.3, 0.4) is 0 Å². The molecule has 16 heavy (non-hydrogen) atoms. The van der Waals surface area contributed by atoms with E-state index in [0.717, 1.165) is 37.8 Å². The molecule has 0 spiro atoms. The van der Waals surface area contributed by atoms with Crippen LogP contribution in [-0.2, 0) is 0 Å². The first-order valence-electron chi connectivity index (χ1n) is 5.62. The van der Waals surface area contributed by atoms with E-state index in [0.29, 0.717) is 0 Å². The van der Waals surface area contributed by atoms with Crippen molar-refractivity contribution in [3.05, 3.63) is 23.9 Å². The van der Waals surface area contributed by atoms with Gasteiger partial charge in [0.05, 0.1) is 0 Å². The molecule has 2 aromatic heterocycles. The molecule has 0 aromatic carbocycles. The fourth-order valence-electron chi connectivity index (χ4n) is 1.97. The van der Waals surface area contributed by atoms with E-state index in [1.54, 1.807) is 0 Å². The normalized spacial score (nSPS) is 16.9. The maximum atomic E-state index is 4.55. The topological polar surface area (TPSA) is 45.5 Å². The molecule has 1 N–H and O–H groups in total. The fourth-order valence-corrected chi connectivity index (χ4v) is 1.97. The maximum Gasteiger partial charge on any atom is 0.245 e. The van der Waals surface area contributed by atoms with Crippen molar-refractivity contribution in [1.82, 2.24) is 19.9 Å². The Morgan fingerprint density at radius 2 is 2.12 bits per heavy atom. The van der Waals surface area contributed by atoms with Crippen LogP contribution in [-0.4, -0.2) is 40.8 Å². The summed E-state index contributed by atoms with van der Waals surface area (Å²) in [7, 11) is 0. The van der Waals surface area contributed by atoms with Crippen LogP contribution in [0, 0.1) is 6.92 Å². The molecule has 0 radical (unpaired) electrons. The molecule has 0 bridgehead atoms. The summed E-state index contributed by atoms with van der Waals surface area (Å²) in [5.74, 6) is 0.840. The Labute approximate surface area is 94.1 Å². The average Bonchev–Trinajstić information content (AvgIpc) is 2.73. The second-order valence-electron chi connectivity index (χ2n) is 4.16. The van der Waals surface area contributed by atoms with Crippen LogP contribution in [0.25, 0.3) is 5.65 Å². The second kappa shape index (κ2) is 3.75. The van der Waals surface area contributed by atoms with Gasteiger partial charge >= 0.3 is 0 Å². The van der Waals surface area contributed by atoms with Crippen LogP contribution in [0.2, 0.25) is 0 Å². The van der Waals surface area contributed by atoms with Gasteiger partial charge in [0.1, 0.15) is 0 Å².